The van der Waals surface area contributed by atoms with Crippen molar-refractivity contribution in [2.75, 3.05) is 20.3 Å². The number of methoxy groups -OCH3 is 1. The molecule has 0 saturated carbocycles. The molecule has 1 rings (SSSR count). The highest BCUT2D eigenvalue weighted by Crippen LogP contribution is 2.02. The monoisotopic (exact) mass is 178 g/mol. The maximum absolute atomic E-state index is 4.94. The maximum Gasteiger partial charge on any atom is 0.0594 e. The second kappa shape index (κ2) is 7.53. The van der Waals surface area contributed by atoms with Crippen LogP contribution in [0.1, 0.15) is 33.6 Å². The van der Waals surface area contributed by atoms with Gasteiger partial charge in [0.25, 0.3) is 0 Å². The fourth-order valence-corrected chi connectivity index (χ4v) is 0.510. The Kier molecular flexibility index (Phi) is 9.03. The number of hydrogen-bond donors (Lipinski definition) is 0. The van der Waals surface area contributed by atoms with Gasteiger partial charge in [-0.1, -0.05) is 0 Å². The summed E-state index contributed by atoms with van der Waals surface area (Å²) < 4.78 is 9.88. The molecule has 0 bridgehead atoms. The van der Waals surface area contributed by atoms with E-state index in [9.17, 15) is 0 Å². The van der Waals surface area contributed by atoms with Crippen LogP contribution in [0.15, 0.2) is 0 Å². The fraction of sp³-hybridized carbons (Fsp3) is 1.00. The lowest BCUT2D eigenvalue weighted by Gasteiger charge is -2.14. The lowest BCUT2D eigenvalue weighted by atomic mass is 10.2. The molecular weight excluding hydrogens is 156 g/mol. The van der Waals surface area contributed by atoms with Crippen LogP contribution < -0.4 is 0 Å². The molecule has 3 heteroatoms. The summed E-state index contributed by atoms with van der Waals surface area (Å²) in [4.78, 5) is 0. The highest BCUT2D eigenvalue weighted by atomic mass is 16.5. The summed E-state index contributed by atoms with van der Waals surface area (Å²) in [5.74, 6) is 0. The smallest absolute Gasteiger partial charge is 0.0594 e. The van der Waals surface area contributed by atoms with E-state index in [0.717, 1.165) is 13.2 Å². The van der Waals surface area contributed by atoms with Crippen molar-refractivity contribution in [2.45, 2.75) is 39.2 Å². The van der Waals surface area contributed by atoms with Crippen LogP contribution in [0.5, 0.6) is 0 Å². The first-order valence-electron chi connectivity index (χ1n) is 4.19. The van der Waals surface area contributed by atoms with Crippen molar-refractivity contribution in [2.24, 2.45) is 0 Å². The molecule has 0 radical (unpaired) electrons. The van der Waals surface area contributed by atoms with Crippen LogP contribution in [0.3, 0.4) is 0 Å². The SMILES string of the molecule is C1CCOC1.COC(C)(C)C.O. The molecule has 0 aromatic heterocycles. The number of ether oxygens (including phenoxy) is 2. The molecule has 0 unspecified atom stereocenters. The topological polar surface area (TPSA) is 50.0 Å². The van der Waals surface area contributed by atoms with Gasteiger partial charge in [0.1, 0.15) is 0 Å². The molecule has 12 heavy (non-hydrogen) atoms. The number of hydrogen-bond acceptors (Lipinski definition) is 2. The highest BCUT2D eigenvalue weighted by Gasteiger charge is 2.04. The summed E-state index contributed by atoms with van der Waals surface area (Å²) in [6.07, 6.45) is 2.56. The Morgan fingerprint density at radius 3 is 1.50 bits per heavy atom. The van der Waals surface area contributed by atoms with E-state index in [1.54, 1.807) is 7.11 Å². The van der Waals surface area contributed by atoms with Crippen LogP contribution in [-0.2, 0) is 9.47 Å². The van der Waals surface area contributed by atoms with Crippen LogP contribution >= 0.6 is 0 Å². The van der Waals surface area contributed by atoms with E-state index in [1.807, 2.05) is 20.8 Å². The second-order valence-electron chi connectivity index (χ2n) is 3.64. The Labute approximate surface area is 75.4 Å². The van der Waals surface area contributed by atoms with Crippen LogP contribution in [0.4, 0.5) is 0 Å². The third-order valence-electron chi connectivity index (χ3n) is 1.44. The summed E-state index contributed by atoms with van der Waals surface area (Å²) >= 11 is 0. The van der Waals surface area contributed by atoms with E-state index in [4.69, 9.17) is 9.47 Å². The molecular formula is C9H22O3. The van der Waals surface area contributed by atoms with Gasteiger partial charge in [-0.2, -0.15) is 0 Å². The summed E-state index contributed by atoms with van der Waals surface area (Å²) in [6, 6.07) is 0. The minimum atomic E-state index is 0. The van der Waals surface area contributed by atoms with Crippen molar-refractivity contribution in [3.8, 4) is 0 Å². The van der Waals surface area contributed by atoms with Gasteiger partial charge >= 0.3 is 0 Å². The molecule has 76 valence electrons. The Bertz CT molecular complexity index is 74.7. The van der Waals surface area contributed by atoms with Gasteiger partial charge in [-0.25, -0.2) is 0 Å². The van der Waals surface area contributed by atoms with Gasteiger partial charge in [0.15, 0.2) is 0 Å². The molecule has 0 aliphatic carbocycles. The fourth-order valence-electron chi connectivity index (χ4n) is 0.510. The van der Waals surface area contributed by atoms with E-state index >= 15 is 0 Å². The zero-order valence-electron chi connectivity index (χ0n) is 8.64. The van der Waals surface area contributed by atoms with Crippen molar-refractivity contribution in [3.05, 3.63) is 0 Å². The summed E-state index contributed by atoms with van der Waals surface area (Å²) in [5.41, 5.74) is 0.0417. The Balaban J connectivity index is 0. The van der Waals surface area contributed by atoms with Crippen LogP contribution in [0.25, 0.3) is 0 Å². The summed E-state index contributed by atoms with van der Waals surface area (Å²) in [7, 11) is 1.71. The molecule has 3 nitrogen and oxygen atoms in total. The Hall–Kier alpha value is -0.120. The van der Waals surface area contributed by atoms with Gasteiger partial charge in [0.2, 0.25) is 0 Å². The largest absolute Gasteiger partial charge is 0.412 e. The molecule has 0 spiro atoms. The van der Waals surface area contributed by atoms with Crippen molar-refractivity contribution in [1.82, 2.24) is 0 Å². The van der Waals surface area contributed by atoms with Crippen LogP contribution in [0.2, 0.25) is 0 Å². The first-order valence-corrected chi connectivity index (χ1v) is 4.19. The van der Waals surface area contributed by atoms with E-state index in [2.05, 4.69) is 0 Å². The quantitative estimate of drug-likeness (QED) is 0.563. The Morgan fingerprint density at radius 2 is 1.42 bits per heavy atom. The standard InChI is InChI=1S/C5H12O.C4H8O.H2O/c1-5(2,3)6-4;1-2-4-5-3-1;/h1-4H3;1-4H2;1H2. The molecule has 1 saturated heterocycles. The normalized spacial score (nSPS) is 16.0. The maximum atomic E-state index is 4.94. The van der Waals surface area contributed by atoms with E-state index in [0.29, 0.717) is 0 Å². The molecule has 0 aromatic carbocycles. The molecule has 0 amide bonds. The van der Waals surface area contributed by atoms with Crippen molar-refractivity contribution in [1.29, 1.82) is 0 Å². The van der Waals surface area contributed by atoms with Crippen molar-refractivity contribution < 1.29 is 14.9 Å². The molecule has 1 aliphatic heterocycles. The molecule has 1 fully saturated rings. The Morgan fingerprint density at radius 1 is 1.08 bits per heavy atom. The highest BCUT2D eigenvalue weighted by molar-refractivity contribution is 4.55. The van der Waals surface area contributed by atoms with Gasteiger partial charge in [0, 0.05) is 20.3 Å². The van der Waals surface area contributed by atoms with E-state index in [1.165, 1.54) is 12.8 Å². The van der Waals surface area contributed by atoms with Gasteiger partial charge in [0.05, 0.1) is 5.60 Å². The van der Waals surface area contributed by atoms with Gasteiger partial charge < -0.3 is 14.9 Å². The summed E-state index contributed by atoms with van der Waals surface area (Å²) in [6.45, 7) is 8.06. The molecule has 0 atom stereocenters. The van der Waals surface area contributed by atoms with Crippen LogP contribution in [-0.4, -0.2) is 31.4 Å². The van der Waals surface area contributed by atoms with Crippen molar-refractivity contribution in [3.63, 3.8) is 0 Å². The molecule has 0 aromatic rings. The first-order chi connectivity index (χ1) is 5.06. The molecule has 1 aliphatic rings. The average Bonchev–Trinajstić information content (AvgIpc) is 2.41. The van der Waals surface area contributed by atoms with Crippen molar-refractivity contribution >= 4 is 0 Å². The lowest BCUT2D eigenvalue weighted by Crippen LogP contribution is -2.15. The average molecular weight is 178 g/mol. The second-order valence-corrected chi connectivity index (χ2v) is 3.64. The van der Waals surface area contributed by atoms with Crippen LogP contribution in [0, 0.1) is 0 Å². The summed E-state index contributed by atoms with van der Waals surface area (Å²) in [5, 5.41) is 0. The van der Waals surface area contributed by atoms with Gasteiger partial charge in [-0.05, 0) is 33.6 Å². The predicted octanol–water partition coefficient (Wildman–Crippen LogP) is 1.40. The number of rotatable bonds is 0. The zero-order chi connectivity index (χ0) is 8.74. The minimum absolute atomic E-state index is 0. The predicted molar refractivity (Wildman–Crippen MR) is 50.4 cm³/mol. The third-order valence-corrected chi connectivity index (χ3v) is 1.44. The zero-order valence-corrected chi connectivity index (χ0v) is 8.64. The molecule has 1 heterocycles. The van der Waals surface area contributed by atoms with E-state index in [-0.39, 0.29) is 11.1 Å². The molecule has 2 N–H and O–H groups in total. The first kappa shape index (κ1) is 14.4. The van der Waals surface area contributed by atoms with Gasteiger partial charge in [-0.3, -0.25) is 0 Å². The third kappa shape index (κ3) is 12.5. The van der Waals surface area contributed by atoms with Gasteiger partial charge in [-0.15, -0.1) is 0 Å². The van der Waals surface area contributed by atoms with E-state index < -0.39 is 0 Å². The minimum Gasteiger partial charge on any atom is -0.412 e. The lowest BCUT2D eigenvalue weighted by molar-refractivity contribution is 0.0397.